The Morgan fingerprint density at radius 3 is 2.65 bits per heavy atom. The highest BCUT2D eigenvalue weighted by molar-refractivity contribution is 5.35. The molecule has 4 aliphatic rings. The van der Waals surface area contributed by atoms with E-state index in [4.69, 9.17) is 9.15 Å². The number of hydrogen-bond acceptors (Lipinski definition) is 6. The van der Waals surface area contributed by atoms with Gasteiger partial charge in [-0.3, -0.25) is 0 Å². The molecular formula is C24H31FN4O2. The van der Waals surface area contributed by atoms with E-state index in [1.807, 2.05) is 6.07 Å². The summed E-state index contributed by atoms with van der Waals surface area (Å²) in [5, 5.41) is 7.85. The third-order valence-corrected chi connectivity index (χ3v) is 8.25. The second kappa shape index (κ2) is 7.85. The van der Waals surface area contributed by atoms with Crippen molar-refractivity contribution >= 4 is 6.01 Å². The van der Waals surface area contributed by atoms with Gasteiger partial charge in [0.1, 0.15) is 5.82 Å². The summed E-state index contributed by atoms with van der Waals surface area (Å²) in [6, 6.07) is 6.79. The number of nitrogens with zero attached hydrogens (tertiary/aromatic N) is 4. The van der Waals surface area contributed by atoms with Crippen LogP contribution in [0.25, 0.3) is 0 Å². The number of benzene rings is 1. The van der Waals surface area contributed by atoms with E-state index in [1.165, 1.54) is 36.8 Å². The average molecular weight is 427 g/mol. The Hall–Kier alpha value is -1.99. The number of rotatable bonds is 4. The Kier molecular flexibility index (Phi) is 4.98. The molecule has 6 nitrogen and oxygen atoms in total. The SMILES string of the molecule is Fc1ccc(C2CCOC2)c(C2CCN([C@@H]3CCC4(C3)CN(c3nnco3)C4)CC2)c1. The Morgan fingerprint density at radius 2 is 1.90 bits per heavy atom. The monoisotopic (exact) mass is 426 g/mol. The summed E-state index contributed by atoms with van der Waals surface area (Å²) in [6.45, 7) is 5.93. The first-order valence-corrected chi connectivity index (χ1v) is 11.8. The van der Waals surface area contributed by atoms with Crippen LogP contribution >= 0.6 is 0 Å². The Bertz CT molecular complexity index is 900. The molecule has 1 aromatic carbocycles. The van der Waals surface area contributed by atoms with Crippen LogP contribution in [0.3, 0.4) is 0 Å². The van der Waals surface area contributed by atoms with Crippen molar-refractivity contribution in [1.82, 2.24) is 15.1 Å². The smallest absolute Gasteiger partial charge is 0.317 e. The fraction of sp³-hybridized carbons (Fsp3) is 0.667. The molecule has 2 atom stereocenters. The second-order valence-corrected chi connectivity index (χ2v) is 10.1. The van der Waals surface area contributed by atoms with Gasteiger partial charge in [-0.15, -0.1) is 5.10 Å². The molecular weight excluding hydrogens is 395 g/mol. The van der Waals surface area contributed by atoms with Crippen molar-refractivity contribution in [3.05, 3.63) is 41.5 Å². The quantitative estimate of drug-likeness (QED) is 0.738. The van der Waals surface area contributed by atoms with Gasteiger partial charge in [-0.1, -0.05) is 11.2 Å². The van der Waals surface area contributed by atoms with Crippen molar-refractivity contribution in [1.29, 1.82) is 0 Å². The van der Waals surface area contributed by atoms with Gasteiger partial charge in [0.15, 0.2) is 0 Å². The van der Waals surface area contributed by atoms with E-state index in [-0.39, 0.29) is 5.82 Å². The molecule has 6 rings (SSSR count). The van der Waals surface area contributed by atoms with Gasteiger partial charge in [-0.05, 0) is 80.8 Å². The van der Waals surface area contributed by atoms with Gasteiger partial charge in [-0.2, -0.15) is 0 Å². The maximum Gasteiger partial charge on any atom is 0.317 e. The van der Waals surface area contributed by atoms with Gasteiger partial charge in [0.25, 0.3) is 0 Å². The van der Waals surface area contributed by atoms with Gasteiger partial charge in [0, 0.05) is 37.1 Å². The van der Waals surface area contributed by atoms with Gasteiger partial charge in [0.2, 0.25) is 6.39 Å². The third kappa shape index (κ3) is 3.65. The van der Waals surface area contributed by atoms with Gasteiger partial charge < -0.3 is 19.0 Å². The highest BCUT2D eigenvalue weighted by atomic mass is 19.1. The Morgan fingerprint density at radius 1 is 1.03 bits per heavy atom. The van der Waals surface area contributed by atoms with E-state index < -0.39 is 0 Å². The maximum absolute atomic E-state index is 14.1. The summed E-state index contributed by atoms with van der Waals surface area (Å²) in [6.07, 6.45) is 8.56. The zero-order chi connectivity index (χ0) is 20.8. The lowest BCUT2D eigenvalue weighted by molar-refractivity contribution is 0.130. The summed E-state index contributed by atoms with van der Waals surface area (Å²) >= 11 is 0. The molecule has 31 heavy (non-hydrogen) atoms. The zero-order valence-electron chi connectivity index (χ0n) is 18.0. The lowest BCUT2D eigenvalue weighted by Gasteiger charge is -2.48. The summed E-state index contributed by atoms with van der Waals surface area (Å²) in [7, 11) is 0. The first-order chi connectivity index (χ1) is 15.2. The van der Waals surface area contributed by atoms with E-state index in [1.54, 1.807) is 12.1 Å². The number of aromatic nitrogens is 2. The van der Waals surface area contributed by atoms with Crippen LogP contribution in [-0.2, 0) is 4.74 Å². The van der Waals surface area contributed by atoms with Crippen LogP contribution < -0.4 is 4.90 Å². The average Bonchev–Trinajstić information content (AvgIpc) is 3.54. The predicted octanol–water partition coefficient (Wildman–Crippen LogP) is 3.95. The minimum atomic E-state index is -0.103. The van der Waals surface area contributed by atoms with E-state index in [9.17, 15) is 4.39 Å². The Balaban J connectivity index is 1.07. The summed E-state index contributed by atoms with van der Waals surface area (Å²) in [5.74, 6) is 0.798. The van der Waals surface area contributed by atoms with E-state index in [2.05, 4.69) is 20.0 Å². The Labute approximate surface area is 182 Å². The molecule has 2 aromatic rings. The molecule has 0 bridgehead atoms. The molecule has 1 saturated carbocycles. The van der Waals surface area contributed by atoms with Crippen molar-refractivity contribution in [2.75, 3.05) is 44.3 Å². The number of anilines is 1. The predicted molar refractivity (Wildman–Crippen MR) is 115 cm³/mol. The molecule has 1 aliphatic carbocycles. The molecule has 3 saturated heterocycles. The lowest BCUT2D eigenvalue weighted by Crippen LogP contribution is -2.56. The molecule has 1 spiro atoms. The fourth-order valence-electron chi connectivity index (χ4n) is 6.61. The zero-order valence-corrected chi connectivity index (χ0v) is 18.0. The van der Waals surface area contributed by atoms with Gasteiger partial charge in [0.05, 0.1) is 6.61 Å². The van der Waals surface area contributed by atoms with Gasteiger partial charge in [-0.25, -0.2) is 4.39 Å². The van der Waals surface area contributed by atoms with Crippen molar-refractivity contribution in [3.8, 4) is 0 Å². The van der Waals surface area contributed by atoms with Crippen LogP contribution in [0.15, 0.2) is 29.0 Å². The number of likely N-dealkylation sites (tertiary alicyclic amines) is 1. The molecule has 0 amide bonds. The topological polar surface area (TPSA) is 54.6 Å². The number of ether oxygens (including phenoxy) is 1. The van der Waals surface area contributed by atoms with Gasteiger partial charge >= 0.3 is 6.01 Å². The fourth-order valence-corrected chi connectivity index (χ4v) is 6.61. The van der Waals surface area contributed by atoms with E-state index in [0.717, 1.165) is 58.7 Å². The largest absolute Gasteiger partial charge is 0.411 e. The van der Waals surface area contributed by atoms with Crippen LogP contribution in [0.1, 0.15) is 61.5 Å². The van der Waals surface area contributed by atoms with Crippen molar-refractivity contribution in [2.24, 2.45) is 5.41 Å². The molecule has 0 radical (unpaired) electrons. The molecule has 1 unspecified atom stereocenters. The summed E-state index contributed by atoms with van der Waals surface area (Å²) in [5.41, 5.74) is 2.99. The number of halogens is 1. The van der Waals surface area contributed by atoms with Crippen molar-refractivity contribution in [3.63, 3.8) is 0 Å². The first kappa shape index (κ1) is 19.7. The lowest BCUT2D eigenvalue weighted by atomic mass is 9.78. The minimum absolute atomic E-state index is 0.103. The molecule has 0 N–H and O–H groups in total. The third-order valence-electron chi connectivity index (χ3n) is 8.25. The van der Waals surface area contributed by atoms with Crippen LogP contribution in [0, 0.1) is 11.2 Å². The van der Waals surface area contributed by atoms with E-state index in [0.29, 0.717) is 29.3 Å². The summed E-state index contributed by atoms with van der Waals surface area (Å²) in [4.78, 5) is 4.91. The van der Waals surface area contributed by atoms with Crippen molar-refractivity contribution in [2.45, 2.75) is 56.4 Å². The molecule has 166 valence electrons. The molecule has 7 heteroatoms. The van der Waals surface area contributed by atoms with Crippen LogP contribution in [-0.4, -0.2) is 60.5 Å². The van der Waals surface area contributed by atoms with Crippen LogP contribution in [0.2, 0.25) is 0 Å². The molecule has 3 aliphatic heterocycles. The number of hydrogen-bond donors (Lipinski definition) is 0. The minimum Gasteiger partial charge on any atom is -0.411 e. The normalized spacial score (nSPS) is 29.0. The molecule has 4 fully saturated rings. The molecule has 4 heterocycles. The second-order valence-electron chi connectivity index (χ2n) is 10.1. The van der Waals surface area contributed by atoms with Crippen LogP contribution in [0.5, 0.6) is 0 Å². The number of piperidine rings is 1. The first-order valence-electron chi connectivity index (χ1n) is 11.8. The maximum atomic E-state index is 14.1. The van der Waals surface area contributed by atoms with Crippen molar-refractivity contribution < 1.29 is 13.5 Å². The van der Waals surface area contributed by atoms with E-state index >= 15 is 0 Å². The highest BCUT2D eigenvalue weighted by Crippen LogP contribution is 2.49. The molecule has 1 aromatic heterocycles. The highest BCUT2D eigenvalue weighted by Gasteiger charge is 2.50. The van der Waals surface area contributed by atoms with Crippen LogP contribution in [0.4, 0.5) is 10.4 Å². The summed E-state index contributed by atoms with van der Waals surface area (Å²) < 4.78 is 25.1. The standard InChI is InChI=1S/C24H31FN4O2/c25-19-1-2-21(18-6-10-30-13-18)22(11-19)17-4-8-28(9-5-17)20-3-7-24(12-20)14-29(15-24)23-27-26-16-31-23/h1-2,11,16-18,20H,3-10,12-15H2/t18?,20-/m1/s1.